The van der Waals surface area contributed by atoms with E-state index in [4.69, 9.17) is 25.8 Å². The zero-order chi connectivity index (χ0) is 22.1. The molecule has 0 radical (unpaired) electrons. The Morgan fingerprint density at radius 3 is 2.48 bits per heavy atom. The molecule has 8 heteroatoms. The number of hydrogen-bond donors (Lipinski definition) is 1. The summed E-state index contributed by atoms with van der Waals surface area (Å²) < 4.78 is 29.3. The van der Waals surface area contributed by atoms with E-state index < -0.39 is 5.91 Å². The van der Waals surface area contributed by atoms with Crippen molar-refractivity contribution >= 4 is 23.7 Å². The summed E-state index contributed by atoms with van der Waals surface area (Å²) in [5.41, 5.74) is 4.04. The average molecular weight is 443 g/mol. The monoisotopic (exact) mass is 442 g/mol. The molecule has 0 fully saturated rings. The largest absolute Gasteiger partial charge is 0.493 e. The first kappa shape index (κ1) is 22.1. The van der Waals surface area contributed by atoms with E-state index in [0.29, 0.717) is 34.4 Å². The summed E-state index contributed by atoms with van der Waals surface area (Å²) in [4.78, 5) is 11.8. The third kappa shape index (κ3) is 7.01. The summed E-state index contributed by atoms with van der Waals surface area (Å²) >= 11 is 5.89. The quantitative estimate of drug-likeness (QED) is 0.388. The Hall–Kier alpha value is -3.58. The Morgan fingerprint density at radius 2 is 1.77 bits per heavy atom. The molecule has 1 amide bonds. The first-order valence-corrected chi connectivity index (χ1v) is 9.67. The van der Waals surface area contributed by atoms with Gasteiger partial charge in [0, 0.05) is 5.02 Å². The number of nitrogens with one attached hydrogen (secondary N) is 1. The summed E-state index contributed by atoms with van der Waals surface area (Å²) in [6.45, 7) is 0.120. The van der Waals surface area contributed by atoms with E-state index in [1.807, 2.05) is 12.1 Å². The molecule has 3 aromatic rings. The lowest BCUT2D eigenvalue weighted by Crippen LogP contribution is -2.24. The number of ether oxygens (including phenoxy) is 3. The molecule has 0 saturated heterocycles. The standard InChI is InChI=1S/C23H20ClFN2O4/c1-29-22-12-17(4-11-21(22)31-14-16-2-5-18(24)6-3-16)13-26-27-23(28)15-30-20-9-7-19(25)8-10-20/h2-13H,14-15H2,1H3,(H,27,28). The Bertz CT molecular complexity index is 1040. The maximum absolute atomic E-state index is 12.9. The van der Waals surface area contributed by atoms with Gasteiger partial charge in [0.15, 0.2) is 18.1 Å². The van der Waals surface area contributed by atoms with E-state index in [9.17, 15) is 9.18 Å². The third-order valence-electron chi connectivity index (χ3n) is 4.08. The maximum Gasteiger partial charge on any atom is 0.277 e. The second kappa shape index (κ2) is 11.0. The van der Waals surface area contributed by atoms with E-state index in [-0.39, 0.29) is 12.4 Å². The molecular formula is C23H20ClFN2O4. The predicted molar refractivity (Wildman–Crippen MR) is 116 cm³/mol. The Morgan fingerprint density at radius 1 is 1.03 bits per heavy atom. The smallest absolute Gasteiger partial charge is 0.277 e. The van der Waals surface area contributed by atoms with Crippen molar-refractivity contribution < 1.29 is 23.4 Å². The Kier molecular flexibility index (Phi) is 7.84. The van der Waals surface area contributed by atoms with Crippen molar-refractivity contribution in [3.05, 3.63) is 88.7 Å². The van der Waals surface area contributed by atoms with Gasteiger partial charge in [-0.1, -0.05) is 23.7 Å². The van der Waals surface area contributed by atoms with Crippen LogP contribution in [0, 0.1) is 5.82 Å². The molecule has 0 aliphatic heterocycles. The van der Waals surface area contributed by atoms with Crippen molar-refractivity contribution in [2.75, 3.05) is 13.7 Å². The molecule has 0 spiro atoms. The van der Waals surface area contributed by atoms with Crippen LogP contribution >= 0.6 is 11.6 Å². The van der Waals surface area contributed by atoms with Gasteiger partial charge in [0.25, 0.3) is 5.91 Å². The van der Waals surface area contributed by atoms with E-state index in [0.717, 1.165) is 5.56 Å². The van der Waals surface area contributed by atoms with Gasteiger partial charge >= 0.3 is 0 Å². The zero-order valence-corrected chi connectivity index (χ0v) is 17.4. The van der Waals surface area contributed by atoms with Gasteiger partial charge < -0.3 is 14.2 Å². The summed E-state index contributed by atoms with van der Waals surface area (Å²) in [6.07, 6.45) is 1.47. The number of methoxy groups -OCH3 is 1. The molecule has 0 bridgehead atoms. The highest BCUT2D eigenvalue weighted by molar-refractivity contribution is 6.30. The van der Waals surface area contributed by atoms with Crippen LogP contribution in [-0.2, 0) is 11.4 Å². The average Bonchev–Trinajstić information content (AvgIpc) is 2.78. The van der Waals surface area contributed by atoms with Crippen molar-refractivity contribution in [1.82, 2.24) is 5.43 Å². The van der Waals surface area contributed by atoms with Crippen molar-refractivity contribution in [1.29, 1.82) is 0 Å². The molecule has 0 heterocycles. The van der Waals surface area contributed by atoms with Gasteiger partial charge in [-0.2, -0.15) is 5.10 Å². The van der Waals surface area contributed by atoms with Crippen LogP contribution in [0.4, 0.5) is 4.39 Å². The molecule has 0 saturated carbocycles. The fourth-order valence-corrected chi connectivity index (χ4v) is 2.64. The Balaban J connectivity index is 1.51. The van der Waals surface area contributed by atoms with Gasteiger partial charge in [0.05, 0.1) is 13.3 Å². The number of hydrazone groups is 1. The molecule has 3 aromatic carbocycles. The lowest BCUT2D eigenvalue weighted by molar-refractivity contribution is -0.123. The molecule has 0 atom stereocenters. The molecule has 31 heavy (non-hydrogen) atoms. The lowest BCUT2D eigenvalue weighted by Gasteiger charge is -2.11. The first-order chi connectivity index (χ1) is 15.0. The zero-order valence-electron chi connectivity index (χ0n) is 16.7. The van der Waals surface area contributed by atoms with Crippen LogP contribution in [0.2, 0.25) is 5.02 Å². The summed E-state index contributed by atoms with van der Waals surface area (Å²) in [7, 11) is 1.54. The normalized spacial score (nSPS) is 10.7. The first-order valence-electron chi connectivity index (χ1n) is 9.29. The number of carbonyl (C=O) groups is 1. The number of rotatable bonds is 9. The highest BCUT2D eigenvalue weighted by atomic mass is 35.5. The van der Waals surface area contributed by atoms with Gasteiger partial charge in [-0.15, -0.1) is 0 Å². The second-order valence-electron chi connectivity index (χ2n) is 6.36. The SMILES string of the molecule is COc1cc(C=NNC(=O)COc2ccc(F)cc2)ccc1OCc1ccc(Cl)cc1. The van der Waals surface area contributed by atoms with Crippen molar-refractivity contribution in [2.45, 2.75) is 6.61 Å². The number of amides is 1. The van der Waals surface area contributed by atoms with Crippen LogP contribution in [0.1, 0.15) is 11.1 Å². The fraction of sp³-hybridized carbons (Fsp3) is 0.130. The molecule has 0 aliphatic rings. The molecule has 1 N–H and O–H groups in total. The molecule has 0 unspecified atom stereocenters. The minimum atomic E-state index is -0.449. The van der Waals surface area contributed by atoms with E-state index in [1.165, 1.54) is 30.5 Å². The lowest BCUT2D eigenvalue weighted by atomic mass is 10.2. The molecule has 3 rings (SSSR count). The summed E-state index contributed by atoms with van der Waals surface area (Å²) in [5, 5.41) is 4.57. The molecular weight excluding hydrogens is 423 g/mol. The molecule has 0 aliphatic carbocycles. The predicted octanol–water partition coefficient (Wildman–Crippen LogP) is 4.60. The van der Waals surface area contributed by atoms with Gasteiger partial charge in [0.1, 0.15) is 18.2 Å². The van der Waals surface area contributed by atoms with Crippen molar-refractivity contribution in [3.63, 3.8) is 0 Å². The number of hydrogen-bond acceptors (Lipinski definition) is 5. The van der Waals surface area contributed by atoms with Crippen LogP contribution in [0.5, 0.6) is 17.2 Å². The van der Waals surface area contributed by atoms with Crippen LogP contribution in [0.25, 0.3) is 0 Å². The molecule has 6 nitrogen and oxygen atoms in total. The highest BCUT2D eigenvalue weighted by Crippen LogP contribution is 2.28. The highest BCUT2D eigenvalue weighted by Gasteiger charge is 2.06. The van der Waals surface area contributed by atoms with Crippen molar-refractivity contribution in [2.24, 2.45) is 5.10 Å². The minimum absolute atomic E-state index is 0.246. The maximum atomic E-state index is 12.9. The number of nitrogens with zero attached hydrogens (tertiary/aromatic N) is 1. The molecule has 0 aromatic heterocycles. The third-order valence-corrected chi connectivity index (χ3v) is 4.33. The summed E-state index contributed by atoms with van der Waals surface area (Å²) in [5.74, 6) is 0.670. The number of carbonyl (C=O) groups excluding carboxylic acids is 1. The topological polar surface area (TPSA) is 69.2 Å². The number of benzene rings is 3. The van der Waals surface area contributed by atoms with Gasteiger partial charge in [0.2, 0.25) is 0 Å². The van der Waals surface area contributed by atoms with E-state index in [1.54, 1.807) is 37.4 Å². The molecule has 160 valence electrons. The van der Waals surface area contributed by atoms with Gasteiger partial charge in [-0.3, -0.25) is 4.79 Å². The fourth-order valence-electron chi connectivity index (χ4n) is 2.52. The van der Waals surface area contributed by atoms with Crippen LogP contribution < -0.4 is 19.6 Å². The minimum Gasteiger partial charge on any atom is -0.493 e. The van der Waals surface area contributed by atoms with E-state index >= 15 is 0 Å². The van der Waals surface area contributed by atoms with Crippen LogP contribution in [-0.4, -0.2) is 25.8 Å². The van der Waals surface area contributed by atoms with Gasteiger partial charge in [-0.05, 0) is 65.7 Å². The van der Waals surface area contributed by atoms with Crippen LogP contribution in [0.3, 0.4) is 0 Å². The van der Waals surface area contributed by atoms with Crippen LogP contribution in [0.15, 0.2) is 71.8 Å². The second-order valence-corrected chi connectivity index (χ2v) is 6.80. The van der Waals surface area contributed by atoms with E-state index in [2.05, 4.69) is 10.5 Å². The van der Waals surface area contributed by atoms with Gasteiger partial charge in [-0.25, -0.2) is 9.82 Å². The number of halogens is 2. The summed E-state index contributed by atoms with van der Waals surface area (Å²) in [6, 6.07) is 18.0. The van der Waals surface area contributed by atoms with Crippen molar-refractivity contribution in [3.8, 4) is 17.2 Å². The Labute approximate surface area is 184 Å².